The van der Waals surface area contributed by atoms with Gasteiger partial charge in [-0.25, -0.2) is 4.79 Å². The van der Waals surface area contributed by atoms with Gasteiger partial charge in [-0.3, -0.25) is 4.79 Å². The summed E-state index contributed by atoms with van der Waals surface area (Å²) < 4.78 is 4.76. The van der Waals surface area contributed by atoms with Gasteiger partial charge in [0.05, 0.1) is 13.2 Å². The van der Waals surface area contributed by atoms with Crippen molar-refractivity contribution in [3.63, 3.8) is 0 Å². The molecule has 1 saturated heterocycles. The second-order valence-corrected chi connectivity index (χ2v) is 5.91. The van der Waals surface area contributed by atoms with Crippen molar-refractivity contribution in [2.75, 3.05) is 13.7 Å². The Kier molecular flexibility index (Phi) is 4.73. The number of hydrogen-bond donors (Lipinski definition) is 1. The van der Waals surface area contributed by atoms with Gasteiger partial charge in [0.2, 0.25) is 5.91 Å². The average molecular weight is 256 g/mol. The van der Waals surface area contributed by atoms with Crippen LogP contribution < -0.4 is 5.73 Å². The van der Waals surface area contributed by atoms with Crippen molar-refractivity contribution in [1.82, 2.24) is 4.90 Å². The van der Waals surface area contributed by atoms with Crippen LogP contribution in [-0.4, -0.2) is 42.5 Å². The molecule has 2 N–H and O–H groups in total. The molecule has 0 saturated carbocycles. The Hall–Kier alpha value is -1.10. The van der Waals surface area contributed by atoms with Crippen molar-refractivity contribution >= 4 is 11.9 Å². The summed E-state index contributed by atoms with van der Waals surface area (Å²) >= 11 is 0. The Morgan fingerprint density at radius 3 is 2.44 bits per heavy atom. The third-order valence-electron chi connectivity index (χ3n) is 3.46. The molecular weight excluding hydrogens is 232 g/mol. The van der Waals surface area contributed by atoms with Gasteiger partial charge in [0.1, 0.15) is 6.04 Å². The van der Waals surface area contributed by atoms with Gasteiger partial charge in [0.25, 0.3) is 0 Å². The predicted octanol–water partition coefficient (Wildman–Crippen LogP) is 0.914. The number of esters is 1. The fourth-order valence-electron chi connectivity index (χ4n) is 2.13. The van der Waals surface area contributed by atoms with Gasteiger partial charge in [-0.2, -0.15) is 0 Å². The minimum atomic E-state index is -0.595. The van der Waals surface area contributed by atoms with Crippen LogP contribution in [0.4, 0.5) is 0 Å². The number of rotatable bonds is 2. The molecule has 1 rings (SSSR count). The Balaban J connectivity index is 2.84. The number of likely N-dealkylation sites (tertiary alicyclic amines) is 1. The third-order valence-corrected chi connectivity index (χ3v) is 3.46. The monoisotopic (exact) mass is 256 g/mol. The highest BCUT2D eigenvalue weighted by Crippen LogP contribution is 2.24. The molecule has 1 unspecified atom stereocenters. The van der Waals surface area contributed by atoms with Crippen LogP contribution in [0.2, 0.25) is 0 Å². The number of hydrogen-bond acceptors (Lipinski definition) is 4. The zero-order chi connectivity index (χ0) is 13.9. The van der Waals surface area contributed by atoms with E-state index in [1.165, 1.54) is 7.11 Å². The van der Waals surface area contributed by atoms with Crippen LogP contribution >= 0.6 is 0 Å². The van der Waals surface area contributed by atoms with Gasteiger partial charge in [0.15, 0.2) is 0 Å². The number of methoxy groups -OCH3 is 1. The lowest BCUT2D eigenvalue weighted by Crippen LogP contribution is -2.57. The van der Waals surface area contributed by atoms with Gasteiger partial charge >= 0.3 is 5.97 Å². The van der Waals surface area contributed by atoms with E-state index >= 15 is 0 Å². The van der Waals surface area contributed by atoms with E-state index in [4.69, 9.17) is 10.5 Å². The zero-order valence-corrected chi connectivity index (χ0v) is 11.7. The van der Waals surface area contributed by atoms with Crippen LogP contribution in [0.5, 0.6) is 0 Å². The Morgan fingerprint density at radius 2 is 1.94 bits per heavy atom. The largest absolute Gasteiger partial charge is 0.467 e. The van der Waals surface area contributed by atoms with Crippen molar-refractivity contribution in [3.05, 3.63) is 0 Å². The average Bonchev–Trinajstić information content (AvgIpc) is 2.35. The summed E-state index contributed by atoms with van der Waals surface area (Å²) in [6.07, 6.45) is 2.51. The Labute approximate surface area is 109 Å². The van der Waals surface area contributed by atoms with Crippen LogP contribution in [0.25, 0.3) is 0 Å². The molecule has 18 heavy (non-hydrogen) atoms. The van der Waals surface area contributed by atoms with Crippen molar-refractivity contribution in [2.24, 2.45) is 11.1 Å². The highest BCUT2D eigenvalue weighted by atomic mass is 16.5. The van der Waals surface area contributed by atoms with Crippen molar-refractivity contribution in [2.45, 2.75) is 52.1 Å². The van der Waals surface area contributed by atoms with E-state index in [1.807, 2.05) is 20.8 Å². The van der Waals surface area contributed by atoms with E-state index in [0.29, 0.717) is 13.0 Å². The van der Waals surface area contributed by atoms with E-state index in [9.17, 15) is 9.59 Å². The second kappa shape index (κ2) is 5.69. The SMILES string of the molecule is COC(=O)C1CCCCN1C(=O)[C@@H](N)C(C)(C)C. The molecule has 0 aromatic heterocycles. The van der Waals surface area contributed by atoms with E-state index in [0.717, 1.165) is 12.8 Å². The van der Waals surface area contributed by atoms with Crippen LogP contribution in [-0.2, 0) is 14.3 Å². The maximum Gasteiger partial charge on any atom is 0.328 e. The third kappa shape index (κ3) is 3.22. The molecule has 2 atom stereocenters. The van der Waals surface area contributed by atoms with E-state index in [1.54, 1.807) is 4.90 Å². The molecule has 5 nitrogen and oxygen atoms in total. The Bertz CT molecular complexity index is 323. The van der Waals surface area contributed by atoms with Crippen molar-refractivity contribution < 1.29 is 14.3 Å². The molecule has 0 aromatic rings. The first-order valence-electron chi connectivity index (χ1n) is 6.43. The highest BCUT2D eigenvalue weighted by Gasteiger charge is 2.38. The fourth-order valence-corrected chi connectivity index (χ4v) is 2.13. The molecule has 1 fully saturated rings. The molecule has 1 amide bonds. The Morgan fingerprint density at radius 1 is 1.33 bits per heavy atom. The topological polar surface area (TPSA) is 72.6 Å². The lowest BCUT2D eigenvalue weighted by atomic mass is 9.85. The van der Waals surface area contributed by atoms with Crippen LogP contribution in [0.1, 0.15) is 40.0 Å². The van der Waals surface area contributed by atoms with E-state index in [-0.39, 0.29) is 17.3 Å². The maximum absolute atomic E-state index is 12.4. The molecule has 0 bridgehead atoms. The molecule has 5 heteroatoms. The first kappa shape index (κ1) is 15.0. The summed E-state index contributed by atoms with van der Waals surface area (Å²) in [4.78, 5) is 25.7. The fraction of sp³-hybridized carbons (Fsp3) is 0.846. The van der Waals surface area contributed by atoms with Crippen molar-refractivity contribution in [3.8, 4) is 0 Å². The molecule has 1 heterocycles. The maximum atomic E-state index is 12.4. The molecule has 0 radical (unpaired) electrons. The number of piperidine rings is 1. The number of nitrogens with two attached hydrogens (primary N) is 1. The van der Waals surface area contributed by atoms with Gasteiger partial charge in [0, 0.05) is 6.54 Å². The highest BCUT2D eigenvalue weighted by molar-refractivity contribution is 5.88. The summed E-state index contributed by atoms with van der Waals surface area (Å²) in [5.74, 6) is -0.498. The van der Waals surface area contributed by atoms with E-state index in [2.05, 4.69) is 0 Å². The first-order chi connectivity index (χ1) is 8.29. The lowest BCUT2D eigenvalue weighted by molar-refractivity contribution is -0.156. The quantitative estimate of drug-likeness (QED) is 0.745. The molecule has 1 aliphatic rings. The lowest BCUT2D eigenvalue weighted by Gasteiger charge is -2.38. The number of ether oxygens (including phenoxy) is 1. The molecule has 104 valence electrons. The van der Waals surface area contributed by atoms with Crippen LogP contribution in [0, 0.1) is 5.41 Å². The summed E-state index contributed by atoms with van der Waals surface area (Å²) in [5.41, 5.74) is 5.68. The number of carbonyl (C=O) groups excluding carboxylic acids is 2. The van der Waals surface area contributed by atoms with Gasteiger partial charge < -0.3 is 15.4 Å². The van der Waals surface area contributed by atoms with Gasteiger partial charge in [-0.15, -0.1) is 0 Å². The number of carbonyl (C=O) groups is 2. The molecule has 0 aromatic carbocycles. The zero-order valence-electron chi connectivity index (χ0n) is 11.7. The summed E-state index contributed by atoms with van der Waals surface area (Å²) in [6.45, 7) is 6.36. The van der Waals surface area contributed by atoms with Crippen molar-refractivity contribution in [1.29, 1.82) is 0 Å². The second-order valence-electron chi connectivity index (χ2n) is 5.91. The normalized spacial score (nSPS) is 22.5. The number of nitrogens with zero attached hydrogens (tertiary/aromatic N) is 1. The standard InChI is InChI=1S/C13H24N2O3/c1-13(2,3)10(14)11(16)15-8-6-5-7-9(15)12(17)18-4/h9-10H,5-8,14H2,1-4H3/t9?,10-/m1/s1. The minimum Gasteiger partial charge on any atom is -0.467 e. The molecule has 0 aliphatic carbocycles. The van der Waals surface area contributed by atoms with Crippen LogP contribution in [0.3, 0.4) is 0 Å². The van der Waals surface area contributed by atoms with Gasteiger partial charge in [-0.1, -0.05) is 20.8 Å². The summed E-state index contributed by atoms with van der Waals surface area (Å²) in [6, 6.07) is -1.06. The summed E-state index contributed by atoms with van der Waals surface area (Å²) in [7, 11) is 1.35. The first-order valence-corrected chi connectivity index (χ1v) is 6.43. The molecule has 1 aliphatic heterocycles. The smallest absolute Gasteiger partial charge is 0.328 e. The predicted molar refractivity (Wildman–Crippen MR) is 68.8 cm³/mol. The van der Waals surface area contributed by atoms with Crippen LogP contribution in [0.15, 0.2) is 0 Å². The van der Waals surface area contributed by atoms with E-state index < -0.39 is 12.1 Å². The summed E-state index contributed by atoms with van der Waals surface area (Å²) in [5, 5.41) is 0. The molecular formula is C13H24N2O3. The molecule has 0 spiro atoms. The number of amides is 1. The van der Waals surface area contributed by atoms with Gasteiger partial charge in [-0.05, 0) is 24.7 Å². The minimum absolute atomic E-state index is 0.155.